The van der Waals surface area contributed by atoms with Crippen molar-refractivity contribution in [1.29, 1.82) is 0 Å². The van der Waals surface area contributed by atoms with Crippen LogP contribution in [0.25, 0.3) is 0 Å². The average Bonchev–Trinajstić information content (AvgIpc) is 2.74. The first-order valence-corrected chi connectivity index (χ1v) is 9.67. The van der Waals surface area contributed by atoms with Crippen molar-refractivity contribution < 1.29 is 14.3 Å². The molecule has 7 heteroatoms. The number of ether oxygens (including phenoxy) is 2. The standard InChI is InChI=1S/C22H28N4O3/c1-17-6-4-5-7-19(17)26-12-10-25(11-13-26)16-22(27)24-23-15-18-8-9-20(28-2)21(14-18)29-3/h4-9,14-15H,10-13,16H2,1-3H3,(H,24,27)/b23-15+. The molecule has 0 unspecified atom stereocenters. The van der Waals surface area contributed by atoms with Gasteiger partial charge in [-0.1, -0.05) is 18.2 Å². The highest BCUT2D eigenvalue weighted by Gasteiger charge is 2.19. The Bertz CT molecular complexity index is 861. The summed E-state index contributed by atoms with van der Waals surface area (Å²) in [6.07, 6.45) is 1.59. The van der Waals surface area contributed by atoms with E-state index < -0.39 is 0 Å². The quantitative estimate of drug-likeness (QED) is 0.575. The maximum atomic E-state index is 12.2. The van der Waals surface area contributed by atoms with Crippen molar-refractivity contribution in [2.75, 3.05) is 51.8 Å². The van der Waals surface area contributed by atoms with Crippen molar-refractivity contribution in [3.8, 4) is 11.5 Å². The summed E-state index contributed by atoms with van der Waals surface area (Å²) >= 11 is 0. The third-order valence-corrected chi connectivity index (χ3v) is 5.01. The zero-order chi connectivity index (χ0) is 20.6. The minimum atomic E-state index is -0.119. The van der Waals surface area contributed by atoms with E-state index in [4.69, 9.17) is 9.47 Å². The second-order valence-electron chi connectivity index (χ2n) is 6.96. The number of aryl methyl sites for hydroxylation is 1. The molecule has 1 aliphatic heterocycles. The van der Waals surface area contributed by atoms with Gasteiger partial charge in [0, 0.05) is 31.9 Å². The second-order valence-corrected chi connectivity index (χ2v) is 6.96. The van der Waals surface area contributed by atoms with E-state index in [1.165, 1.54) is 11.3 Å². The summed E-state index contributed by atoms with van der Waals surface area (Å²) in [4.78, 5) is 16.7. The number of amides is 1. The molecule has 1 N–H and O–H groups in total. The van der Waals surface area contributed by atoms with Gasteiger partial charge in [0.1, 0.15) is 0 Å². The maximum absolute atomic E-state index is 12.2. The summed E-state index contributed by atoms with van der Waals surface area (Å²) in [6, 6.07) is 13.9. The summed E-state index contributed by atoms with van der Waals surface area (Å²) < 4.78 is 10.5. The van der Waals surface area contributed by atoms with Crippen LogP contribution in [0.5, 0.6) is 11.5 Å². The van der Waals surface area contributed by atoms with Crippen molar-refractivity contribution in [3.05, 3.63) is 53.6 Å². The number of piperazine rings is 1. The lowest BCUT2D eigenvalue weighted by Crippen LogP contribution is -2.49. The van der Waals surface area contributed by atoms with Crippen LogP contribution in [0.3, 0.4) is 0 Å². The average molecular weight is 396 g/mol. The summed E-state index contributed by atoms with van der Waals surface area (Å²) in [5.74, 6) is 1.15. The van der Waals surface area contributed by atoms with Gasteiger partial charge in [0.05, 0.1) is 27.0 Å². The zero-order valence-electron chi connectivity index (χ0n) is 17.2. The molecule has 1 heterocycles. The molecule has 154 valence electrons. The van der Waals surface area contributed by atoms with Gasteiger partial charge >= 0.3 is 0 Å². The van der Waals surface area contributed by atoms with E-state index in [-0.39, 0.29) is 5.91 Å². The first-order valence-electron chi connectivity index (χ1n) is 9.67. The molecule has 3 rings (SSSR count). The molecule has 1 aliphatic rings. The molecule has 0 spiro atoms. The van der Waals surface area contributed by atoms with Crippen LogP contribution in [0.15, 0.2) is 47.6 Å². The number of anilines is 1. The number of methoxy groups -OCH3 is 2. The molecular formula is C22H28N4O3. The van der Waals surface area contributed by atoms with Gasteiger partial charge in [-0.3, -0.25) is 9.69 Å². The topological polar surface area (TPSA) is 66.4 Å². The van der Waals surface area contributed by atoms with Crippen molar-refractivity contribution >= 4 is 17.8 Å². The predicted molar refractivity (Wildman–Crippen MR) is 115 cm³/mol. The first-order chi connectivity index (χ1) is 14.1. The fraction of sp³-hybridized carbons (Fsp3) is 0.364. The summed E-state index contributed by atoms with van der Waals surface area (Å²) in [5, 5.41) is 4.05. The minimum Gasteiger partial charge on any atom is -0.493 e. The van der Waals surface area contributed by atoms with E-state index in [0.29, 0.717) is 18.0 Å². The highest BCUT2D eigenvalue weighted by molar-refractivity contribution is 5.83. The third-order valence-electron chi connectivity index (χ3n) is 5.01. The third kappa shape index (κ3) is 5.48. The second kappa shape index (κ2) is 9.93. The SMILES string of the molecule is COc1ccc(/C=N/NC(=O)CN2CCN(c3ccccc3C)CC2)cc1OC. The molecule has 0 radical (unpaired) electrons. The van der Waals surface area contributed by atoms with E-state index in [1.807, 2.05) is 6.07 Å². The van der Waals surface area contributed by atoms with Gasteiger partial charge in [-0.15, -0.1) is 0 Å². The van der Waals surface area contributed by atoms with E-state index in [2.05, 4.69) is 51.5 Å². The Morgan fingerprint density at radius 2 is 1.79 bits per heavy atom. The van der Waals surface area contributed by atoms with Crippen LogP contribution in [0.2, 0.25) is 0 Å². The number of benzene rings is 2. The fourth-order valence-corrected chi connectivity index (χ4v) is 3.42. The summed E-state index contributed by atoms with van der Waals surface area (Å²) in [7, 11) is 3.17. The molecule has 0 bridgehead atoms. The number of nitrogens with zero attached hydrogens (tertiary/aromatic N) is 3. The van der Waals surface area contributed by atoms with Gasteiger partial charge in [0.25, 0.3) is 5.91 Å². The Kier molecular flexibility index (Phi) is 7.08. The van der Waals surface area contributed by atoms with Gasteiger partial charge in [0.15, 0.2) is 11.5 Å². The molecule has 0 aromatic heterocycles. The van der Waals surface area contributed by atoms with Gasteiger partial charge in [0.2, 0.25) is 0 Å². The number of carbonyl (C=O) groups is 1. The minimum absolute atomic E-state index is 0.119. The van der Waals surface area contributed by atoms with Crippen molar-refractivity contribution in [2.24, 2.45) is 5.10 Å². The molecule has 1 saturated heterocycles. The number of para-hydroxylation sites is 1. The Balaban J connectivity index is 1.46. The Labute approximate surface area is 171 Å². The van der Waals surface area contributed by atoms with Crippen LogP contribution < -0.4 is 19.8 Å². The predicted octanol–water partition coefficient (Wildman–Crippen LogP) is 2.28. The molecule has 1 amide bonds. The molecular weight excluding hydrogens is 368 g/mol. The van der Waals surface area contributed by atoms with E-state index in [9.17, 15) is 4.79 Å². The van der Waals surface area contributed by atoms with Crippen LogP contribution in [0.1, 0.15) is 11.1 Å². The Morgan fingerprint density at radius 1 is 1.07 bits per heavy atom. The lowest BCUT2D eigenvalue weighted by atomic mass is 10.1. The van der Waals surface area contributed by atoms with Gasteiger partial charge < -0.3 is 14.4 Å². The highest BCUT2D eigenvalue weighted by atomic mass is 16.5. The molecule has 0 saturated carbocycles. The van der Waals surface area contributed by atoms with Crippen LogP contribution in [0.4, 0.5) is 5.69 Å². The van der Waals surface area contributed by atoms with E-state index >= 15 is 0 Å². The van der Waals surface area contributed by atoms with Crippen molar-refractivity contribution in [3.63, 3.8) is 0 Å². The molecule has 1 fully saturated rings. The fourth-order valence-electron chi connectivity index (χ4n) is 3.42. The molecule has 29 heavy (non-hydrogen) atoms. The number of hydrazone groups is 1. The normalized spacial score (nSPS) is 14.8. The lowest BCUT2D eigenvalue weighted by molar-refractivity contribution is -0.122. The summed E-state index contributed by atoms with van der Waals surface area (Å²) in [6.45, 7) is 5.98. The Morgan fingerprint density at radius 3 is 2.48 bits per heavy atom. The number of carbonyl (C=O) groups excluding carboxylic acids is 1. The van der Waals surface area contributed by atoms with Crippen LogP contribution in [-0.4, -0.2) is 64.0 Å². The monoisotopic (exact) mass is 396 g/mol. The zero-order valence-corrected chi connectivity index (χ0v) is 17.2. The van der Waals surface area contributed by atoms with Gasteiger partial charge in [-0.2, -0.15) is 5.10 Å². The number of hydrogen-bond acceptors (Lipinski definition) is 6. The van der Waals surface area contributed by atoms with Crippen LogP contribution in [-0.2, 0) is 4.79 Å². The molecule has 0 aliphatic carbocycles. The molecule has 7 nitrogen and oxygen atoms in total. The number of nitrogens with one attached hydrogen (secondary N) is 1. The van der Waals surface area contributed by atoms with Crippen LogP contribution in [0, 0.1) is 6.92 Å². The molecule has 2 aromatic carbocycles. The molecule has 0 atom stereocenters. The van der Waals surface area contributed by atoms with E-state index in [1.54, 1.807) is 32.6 Å². The number of hydrogen-bond donors (Lipinski definition) is 1. The smallest absolute Gasteiger partial charge is 0.254 e. The first kappa shape index (κ1) is 20.7. The van der Waals surface area contributed by atoms with Gasteiger partial charge in [-0.25, -0.2) is 5.43 Å². The maximum Gasteiger partial charge on any atom is 0.254 e. The van der Waals surface area contributed by atoms with Crippen LogP contribution >= 0.6 is 0 Å². The molecule has 2 aromatic rings. The largest absolute Gasteiger partial charge is 0.493 e. The number of rotatable bonds is 7. The lowest BCUT2D eigenvalue weighted by Gasteiger charge is -2.36. The summed E-state index contributed by atoms with van der Waals surface area (Å²) in [5.41, 5.74) is 5.97. The van der Waals surface area contributed by atoms with Crippen molar-refractivity contribution in [1.82, 2.24) is 10.3 Å². The Hall–Kier alpha value is -3.06. The van der Waals surface area contributed by atoms with Gasteiger partial charge in [-0.05, 0) is 42.3 Å². The highest BCUT2D eigenvalue weighted by Crippen LogP contribution is 2.26. The van der Waals surface area contributed by atoms with Crippen molar-refractivity contribution in [2.45, 2.75) is 6.92 Å². The van der Waals surface area contributed by atoms with E-state index in [0.717, 1.165) is 31.7 Å².